The Balaban J connectivity index is 1.61. The van der Waals surface area contributed by atoms with E-state index in [0.717, 1.165) is 9.88 Å². The van der Waals surface area contributed by atoms with Crippen LogP contribution >= 0.6 is 33.9 Å². The van der Waals surface area contributed by atoms with E-state index in [1.54, 1.807) is 6.20 Å². The van der Waals surface area contributed by atoms with Gasteiger partial charge in [-0.05, 0) is 10.4 Å². The molecule has 0 saturated carbocycles. The molecule has 1 aliphatic rings. The maximum absolute atomic E-state index is 13.6. The van der Waals surface area contributed by atoms with Gasteiger partial charge in [0.15, 0.2) is 0 Å². The molecule has 184 valence electrons. The van der Waals surface area contributed by atoms with Crippen LogP contribution in [0.5, 0.6) is 0 Å². The van der Waals surface area contributed by atoms with Crippen LogP contribution in [0.2, 0.25) is 0 Å². The zero-order valence-corrected chi connectivity index (χ0v) is 23.7. The van der Waals surface area contributed by atoms with Crippen molar-refractivity contribution in [2.45, 2.75) is 48.3 Å². The Morgan fingerprint density at radius 3 is 2.14 bits per heavy atom. The van der Waals surface area contributed by atoms with Gasteiger partial charge in [-0.25, -0.2) is 13.8 Å². The number of thiazole rings is 1. The molecular weight excluding hydrogens is 595 g/mol. The highest BCUT2D eigenvalue weighted by Gasteiger charge is 2.51. The SMILES string of the molecule is CC(C)(I)[Si](OCc1ncc(C(C#N)N2CCC(F)(F)CC2)s1)(c1ccccc1)c1ccccc1. The van der Waals surface area contributed by atoms with Crippen LogP contribution in [-0.4, -0.2) is 40.3 Å². The normalized spacial score (nSPS) is 17.6. The van der Waals surface area contributed by atoms with Crippen LogP contribution in [0.25, 0.3) is 0 Å². The van der Waals surface area contributed by atoms with Gasteiger partial charge in [-0.2, -0.15) is 5.26 Å². The molecule has 1 fully saturated rings. The predicted molar refractivity (Wildman–Crippen MR) is 147 cm³/mol. The maximum Gasteiger partial charge on any atom is 0.271 e. The zero-order valence-electron chi connectivity index (χ0n) is 19.8. The highest BCUT2D eigenvalue weighted by atomic mass is 127. The minimum atomic E-state index is -2.71. The fourth-order valence-electron chi connectivity index (χ4n) is 4.66. The predicted octanol–water partition coefficient (Wildman–Crippen LogP) is 5.47. The van der Waals surface area contributed by atoms with Crippen molar-refractivity contribution in [2.24, 2.45) is 0 Å². The number of hydrogen-bond donors (Lipinski definition) is 0. The second kappa shape index (κ2) is 10.7. The number of alkyl halides is 3. The molecule has 0 amide bonds. The Labute approximate surface area is 224 Å². The van der Waals surface area contributed by atoms with Crippen LogP contribution in [0, 0.1) is 11.3 Å². The summed E-state index contributed by atoms with van der Waals surface area (Å²) in [7, 11) is -2.71. The number of halogens is 3. The molecule has 35 heavy (non-hydrogen) atoms. The van der Waals surface area contributed by atoms with Crippen molar-refractivity contribution >= 4 is 52.6 Å². The number of benzene rings is 2. The Hall–Kier alpha value is -1.71. The number of hydrogen-bond acceptors (Lipinski definition) is 5. The average molecular weight is 624 g/mol. The second-order valence-corrected chi connectivity index (χ2v) is 18.2. The van der Waals surface area contributed by atoms with Crippen molar-refractivity contribution < 1.29 is 13.2 Å². The maximum atomic E-state index is 13.6. The van der Waals surface area contributed by atoms with Crippen LogP contribution in [0.4, 0.5) is 8.78 Å². The summed E-state index contributed by atoms with van der Waals surface area (Å²) in [5, 5.41) is 13.0. The Morgan fingerprint density at radius 1 is 1.11 bits per heavy atom. The van der Waals surface area contributed by atoms with Crippen molar-refractivity contribution in [1.29, 1.82) is 5.26 Å². The first-order chi connectivity index (χ1) is 16.7. The highest BCUT2D eigenvalue weighted by Crippen LogP contribution is 2.35. The lowest BCUT2D eigenvalue weighted by Crippen LogP contribution is -2.71. The third kappa shape index (κ3) is 5.67. The zero-order chi connectivity index (χ0) is 25.1. The van der Waals surface area contributed by atoms with Crippen LogP contribution in [0.1, 0.15) is 42.6 Å². The Bertz CT molecular complexity index is 1120. The lowest BCUT2D eigenvalue weighted by atomic mass is 10.0. The molecule has 1 atom stereocenters. The van der Waals surface area contributed by atoms with Gasteiger partial charge in [-0.3, -0.25) is 4.90 Å². The minimum absolute atomic E-state index is 0.179. The summed E-state index contributed by atoms with van der Waals surface area (Å²) < 4.78 is 34.0. The Kier molecular flexibility index (Phi) is 8.07. The van der Waals surface area contributed by atoms with Crippen molar-refractivity contribution in [2.75, 3.05) is 13.1 Å². The molecule has 1 aromatic heterocycles. The van der Waals surface area contributed by atoms with Crippen LogP contribution < -0.4 is 10.4 Å². The lowest BCUT2D eigenvalue weighted by Gasteiger charge is -2.41. The molecule has 1 saturated heterocycles. The summed E-state index contributed by atoms with van der Waals surface area (Å²) in [4.78, 5) is 7.17. The van der Waals surface area contributed by atoms with E-state index in [1.807, 2.05) is 41.3 Å². The molecule has 2 aromatic carbocycles. The van der Waals surface area contributed by atoms with Gasteiger partial charge in [0.2, 0.25) is 0 Å². The van der Waals surface area contributed by atoms with Gasteiger partial charge in [0.05, 0.1) is 17.6 Å². The van der Waals surface area contributed by atoms with Gasteiger partial charge in [-0.15, -0.1) is 11.3 Å². The van der Waals surface area contributed by atoms with Gasteiger partial charge in [-0.1, -0.05) is 97.1 Å². The van der Waals surface area contributed by atoms with E-state index in [4.69, 9.17) is 4.43 Å². The molecule has 0 aliphatic carbocycles. The van der Waals surface area contributed by atoms with Gasteiger partial charge < -0.3 is 4.43 Å². The molecular formula is C26H28F2IN3OSSi. The van der Waals surface area contributed by atoms with Crippen LogP contribution in [0.15, 0.2) is 66.9 Å². The molecule has 3 aromatic rings. The van der Waals surface area contributed by atoms with E-state index in [1.165, 1.54) is 21.7 Å². The number of likely N-dealkylation sites (tertiary alicyclic amines) is 1. The van der Waals surface area contributed by atoms with Gasteiger partial charge in [0.25, 0.3) is 14.2 Å². The quantitative estimate of drug-likeness (QED) is 0.190. The van der Waals surface area contributed by atoms with Crippen molar-refractivity contribution in [3.8, 4) is 6.07 Å². The molecule has 0 radical (unpaired) electrons. The number of piperidine rings is 1. The first kappa shape index (κ1) is 26.4. The topological polar surface area (TPSA) is 49.1 Å². The van der Waals surface area contributed by atoms with Crippen LogP contribution in [-0.2, 0) is 11.0 Å². The van der Waals surface area contributed by atoms with Gasteiger partial charge in [0, 0.05) is 35.2 Å². The summed E-state index contributed by atoms with van der Waals surface area (Å²) in [6, 6.07) is 22.5. The van der Waals surface area contributed by atoms with Crippen LogP contribution in [0.3, 0.4) is 0 Å². The second-order valence-electron chi connectivity index (χ2n) is 9.25. The van der Waals surface area contributed by atoms with E-state index in [0.29, 0.717) is 6.61 Å². The molecule has 1 aliphatic heterocycles. The fraction of sp³-hybridized carbons (Fsp3) is 0.385. The molecule has 4 nitrogen and oxygen atoms in total. The first-order valence-corrected chi connectivity index (χ1v) is 15.4. The third-order valence-electron chi connectivity index (χ3n) is 6.47. The lowest BCUT2D eigenvalue weighted by molar-refractivity contribution is -0.0593. The molecule has 4 rings (SSSR count). The minimum Gasteiger partial charge on any atom is -0.400 e. The van der Waals surface area contributed by atoms with E-state index >= 15 is 0 Å². The molecule has 0 N–H and O–H groups in total. The first-order valence-electron chi connectivity index (χ1n) is 11.6. The van der Waals surface area contributed by atoms with E-state index < -0.39 is 20.3 Å². The molecule has 0 spiro atoms. The summed E-state index contributed by atoms with van der Waals surface area (Å²) in [6.07, 6.45) is 1.27. The number of aromatic nitrogens is 1. The van der Waals surface area contributed by atoms with Gasteiger partial charge >= 0.3 is 0 Å². The van der Waals surface area contributed by atoms with Gasteiger partial charge in [0.1, 0.15) is 11.0 Å². The monoisotopic (exact) mass is 623 g/mol. The number of nitriles is 1. The van der Waals surface area contributed by atoms with E-state index in [2.05, 4.69) is 71.8 Å². The summed E-state index contributed by atoms with van der Waals surface area (Å²) >= 11 is 3.94. The highest BCUT2D eigenvalue weighted by molar-refractivity contribution is 14.1. The van der Waals surface area contributed by atoms with E-state index in [-0.39, 0.29) is 29.0 Å². The number of rotatable bonds is 8. The smallest absolute Gasteiger partial charge is 0.271 e. The summed E-state index contributed by atoms with van der Waals surface area (Å²) in [6.45, 7) is 5.16. The molecule has 0 bridgehead atoms. The largest absolute Gasteiger partial charge is 0.400 e. The fourth-order valence-corrected chi connectivity index (χ4v) is 12.1. The average Bonchev–Trinajstić information content (AvgIpc) is 3.30. The Morgan fingerprint density at radius 2 is 1.66 bits per heavy atom. The van der Waals surface area contributed by atoms with Crippen molar-refractivity contribution in [3.63, 3.8) is 0 Å². The molecule has 1 unspecified atom stereocenters. The molecule has 2 heterocycles. The standard InChI is InChI=1S/C26H28F2IN3OSSi/c1-25(2,29)35(20-9-5-3-6-10-20,21-11-7-4-8-12-21)33-19-24-31-18-23(34-24)22(17-30)32-15-13-26(27,28)14-16-32/h3-12,18,22H,13-16,19H2,1-2H3. The molecule has 9 heteroatoms. The third-order valence-corrected chi connectivity index (χ3v) is 14.3. The summed E-state index contributed by atoms with van der Waals surface area (Å²) in [5.74, 6) is -2.64. The summed E-state index contributed by atoms with van der Waals surface area (Å²) in [5.41, 5.74) is 0. The number of nitrogens with zero attached hydrogens (tertiary/aromatic N) is 3. The van der Waals surface area contributed by atoms with E-state index in [9.17, 15) is 14.0 Å². The van der Waals surface area contributed by atoms with Crippen molar-refractivity contribution in [3.05, 3.63) is 76.7 Å². The van der Waals surface area contributed by atoms with Crippen molar-refractivity contribution in [1.82, 2.24) is 9.88 Å².